The van der Waals surface area contributed by atoms with Crippen LogP contribution in [0.3, 0.4) is 0 Å². The van der Waals surface area contributed by atoms with E-state index in [1.165, 1.54) is 11.3 Å². The molecular formula is C23H25ClN6O2S. The summed E-state index contributed by atoms with van der Waals surface area (Å²) in [5.41, 5.74) is 14.1. The molecule has 0 atom stereocenters. The number of nitrogen functional groups attached to an aromatic ring is 2. The number of pyridine rings is 1. The van der Waals surface area contributed by atoms with E-state index in [4.69, 9.17) is 28.5 Å². The van der Waals surface area contributed by atoms with Crippen molar-refractivity contribution < 1.29 is 10.0 Å². The van der Waals surface area contributed by atoms with Crippen LogP contribution in [0.5, 0.6) is 0 Å². The van der Waals surface area contributed by atoms with Gasteiger partial charge in [0.05, 0.1) is 28.2 Å². The highest BCUT2D eigenvalue weighted by Gasteiger charge is 2.21. The number of thiophene rings is 1. The molecular weight excluding hydrogens is 460 g/mol. The Balaban J connectivity index is 1.61. The number of carbonyl (C=O) groups is 1. The molecule has 0 saturated heterocycles. The molecule has 2 aromatic heterocycles. The summed E-state index contributed by atoms with van der Waals surface area (Å²) in [6.45, 7) is 0.295. The summed E-state index contributed by atoms with van der Waals surface area (Å²) in [7, 11) is 0. The quantitative estimate of drug-likeness (QED) is 0.199. The molecule has 0 unspecified atom stereocenters. The maximum absolute atomic E-state index is 12.8. The number of amidine groups is 1. The number of nitrogens with one attached hydrogen (secondary N) is 2. The van der Waals surface area contributed by atoms with Crippen LogP contribution in [0.2, 0.25) is 5.02 Å². The Bertz CT molecular complexity index is 1260. The van der Waals surface area contributed by atoms with Crippen molar-refractivity contribution in [2.45, 2.75) is 38.3 Å². The van der Waals surface area contributed by atoms with Gasteiger partial charge in [-0.15, -0.1) is 11.3 Å². The van der Waals surface area contributed by atoms with Crippen molar-refractivity contribution in [2.24, 2.45) is 10.7 Å². The number of hydrogen-bond acceptors (Lipinski definition) is 6. The van der Waals surface area contributed by atoms with Crippen LogP contribution < -0.4 is 22.3 Å². The number of anilines is 1. The van der Waals surface area contributed by atoms with E-state index < -0.39 is 0 Å². The van der Waals surface area contributed by atoms with Crippen molar-refractivity contribution >= 4 is 39.7 Å². The van der Waals surface area contributed by atoms with E-state index in [-0.39, 0.29) is 24.2 Å². The van der Waals surface area contributed by atoms with E-state index in [1.807, 2.05) is 6.07 Å². The van der Waals surface area contributed by atoms with E-state index in [1.54, 1.807) is 36.4 Å². The third-order valence-corrected chi connectivity index (χ3v) is 6.83. The molecule has 1 aromatic carbocycles. The first-order chi connectivity index (χ1) is 15.8. The average molecular weight is 485 g/mol. The number of nitrogens with two attached hydrogens (primary N) is 2. The van der Waals surface area contributed by atoms with Crippen LogP contribution in [0.1, 0.15) is 36.1 Å². The van der Waals surface area contributed by atoms with E-state index >= 15 is 0 Å². The van der Waals surface area contributed by atoms with Gasteiger partial charge in [0.15, 0.2) is 5.49 Å². The van der Waals surface area contributed by atoms with Gasteiger partial charge in [-0.2, -0.15) is 4.73 Å². The largest absolute Gasteiger partial charge is 0.427 e. The number of hydrogen-bond donors (Lipinski definition) is 5. The molecule has 8 nitrogen and oxygen atoms in total. The van der Waals surface area contributed by atoms with Crippen LogP contribution in [0, 0.1) is 5.41 Å². The summed E-state index contributed by atoms with van der Waals surface area (Å²) < 4.78 is 0.969. The Morgan fingerprint density at radius 3 is 2.58 bits per heavy atom. The molecule has 1 fully saturated rings. The lowest BCUT2D eigenvalue weighted by Gasteiger charge is -2.21. The third-order valence-electron chi connectivity index (χ3n) is 5.60. The first kappa shape index (κ1) is 22.9. The monoisotopic (exact) mass is 484 g/mol. The highest BCUT2D eigenvalue weighted by atomic mass is 35.5. The Morgan fingerprint density at radius 1 is 1.27 bits per heavy atom. The van der Waals surface area contributed by atoms with Gasteiger partial charge in [0.25, 0.3) is 0 Å². The topological polar surface area (TPSA) is 143 Å². The minimum atomic E-state index is -0.281. The normalized spacial score (nSPS) is 14.2. The summed E-state index contributed by atoms with van der Waals surface area (Å²) in [6.07, 6.45) is 2.96. The molecule has 4 rings (SSSR count). The average Bonchev–Trinajstić information content (AvgIpc) is 3.18. The van der Waals surface area contributed by atoms with E-state index in [0.717, 1.165) is 34.4 Å². The Kier molecular flexibility index (Phi) is 6.71. The maximum Gasteiger partial charge on any atom is 0.226 e. The second-order valence-corrected chi connectivity index (χ2v) is 9.49. The summed E-state index contributed by atoms with van der Waals surface area (Å²) >= 11 is 7.95. The first-order valence-corrected chi connectivity index (χ1v) is 11.7. The van der Waals surface area contributed by atoms with Crippen molar-refractivity contribution in [1.82, 2.24) is 10.0 Å². The zero-order valence-electron chi connectivity index (χ0n) is 17.8. The zero-order chi connectivity index (χ0) is 23.5. The lowest BCUT2D eigenvalue weighted by molar-refractivity contribution is -0.120. The molecule has 7 N–H and O–H groups in total. The molecule has 1 amide bonds. The van der Waals surface area contributed by atoms with Gasteiger partial charge in [-0.25, -0.2) is 0 Å². The summed E-state index contributed by atoms with van der Waals surface area (Å²) in [4.78, 5) is 18.2. The number of rotatable bonds is 7. The van der Waals surface area contributed by atoms with Crippen LogP contribution in [-0.4, -0.2) is 27.7 Å². The molecule has 1 aliphatic carbocycles. The molecule has 1 saturated carbocycles. The Labute approximate surface area is 200 Å². The number of benzene rings is 1. The van der Waals surface area contributed by atoms with Gasteiger partial charge in [-0.3, -0.25) is 15.2 Å². The minimum absolute atomic E-state index is 0.0103. The number of halogens is 1. The predicted octanol–water partition coefficient (Wildman–Crippen LogP) is 3.29. The van der Waals surface area contributed by atoms with Crippen molar-refractivity contribution in [2.75, 3.05) is 5.73 Å². The molecule has 10 heteroatoms. The lowest BCUT2D eigenvalue weighted by Crippen LogP contribution is -2.31. The predicted molar refractivity (Wildman–Crippen MR) is 131 cm³/mol. The summed E-state index contributed by atoms with van der Waals surface area (Å²) in [6, 6.07) is 12.4. The Hall–Kier alpha value is -3.30. The maximum atomic E-state index is 12.8. The molecule has 1 aliphatic rings. The highest BCUT2D eigenvalue weighted by Crippen LogP contribution is 2.36. The highest BCUT2D eigenvalue weighted by molar-refractivity contribution is 7.19. The lowest BCUT2D eigenvalue weighted by atomic mass is 9.94. The molecule has 0 aliphatic heterocycles. The summed E-state index contributed by atoms with van der Waals surface area (Å²) in [5.74, 6) is -0.292. The second kappa shape index (κ2) is 9.68. The van der Waals surface area contributed by atoms with Gasteiger partial charge in [0.2, 0.25) is 5.91 Å². The third kappa shape index (κ3) is 5.20. The smallest absolute Gasteiger partial charge is 0.226 e. The van der Waals surface area contributed by atoms with E-state index in [0.29, 0.717) is 38.9 Å². The van der Waals surface area contributed by atoms with Gasteiger partial charge in [-0.05, 0) is 37.0 Å². The van der Waals surface area contributed by atoms with Crippen molar-refractivity contribution in [3.63, 3.8) is 0 Å². The fourth-order valence-electron chi connectivity index (χ4n) is 3.55. The van der Waals surface area contributed by atoms with Gasteiger partial charge in [-0.1, -0.05) is 35.9 Å². The Morgan fingerprint density at radius 2 is 2.00 bits per heavy atom. The fourth-order valence-corrected chi connectivity index (χ4v) is 4.77. The van der Waals surface area contributed by atoms with Crippen LogP contribution in [0.15, 0.2) is 47.5 Å². The van der Waals surface area contributed by atoms with Crippen molar-refractivity contribution in [1.29, 1.82) is 5.41 Å². The molecule has 0 bridgehead atoms. The number of aromatic nitrogens is 1. The number of nitrogens with zero attached hydrogens (tertiary/aromatic N) is 2. The molecule has 33 heavy (non-hydrogen) atoms. The van der Waals surface area contributed by atoms with Crippen LogP contribution in [0.4, 0.5) is 5.00 Å². The zero-order valence-corrected chi connectivity index (χ0v) is 19.4. The summed E-state index contributed by atoms with van der Waals surface area (Å²) in [5, 5.41) is 22.3. The molecule has 0 spiro atoms. The van der Waals surface area contributed by atoms with Gasteiger partial charge in [0, 0.05) is 28.6 Å². The van der Waals surface area contributed by atoms with Crippen LogP contribution >= 0.6 is 22.9 Å². The fraction of sp³-hybridized carbons (Fsp3) is 0.261. The number of carbonyl (C=O) groups excluding carboxylic acids is 1. The molecule has 3 aromatic rings. The molecule has 2 heterocycles. The second-order valence-electron chi connectivity index (χ2n) is 7.96. The number of amides is 1. The minimum Gasteiger partial charge on any atom is -0.427 e. The SMILES string of the molecule is N=C(N)c1ccc(CNC(=O)Cc2c(-c3ccc(N)s3)c(Cl)cc(=NC3CCC3)n2O)cc1. The van der Waals surface area contributed by atoms with Crippen LogP contribution in [-0.2, 0) is 17.8 Å². The van der Waals surface area contributed by atoms with Crippen LogP contribution in [0.25, 0.3) is 10.4 Å². The van der Waals surface area contributed by atoms with Crippen molar-refractivity contribution in [3.05, 3.63) is 69.8 Å². The van der Waals surface area contributed by atoms with Gasteiger partial charge < -0.3 is 22.0 Å². The molecule has 0 radical (unpaired) electrons. The van der Waals surface area contributed by atoms with Gasteiger partial charge in [0.1, 0.15) is 5.84 Å². The standard InChI is InChI=1S/C23H25ClN6O2S/c24-16-10-20(29-15-2-1-3-15)30(32)17(22(16)18-8-9-19(25)33-18)11-21(31)28-12-13-4-6-14(7-5-13)23(26)27/h4-10,15,32H,1-3,11-12,25H2,(H3,26,27)(H,28,31). The molecule has 172 valence electrons. The first-order valence-electron chi connectivity index (χ1n) is 10.5. The van der Waals surface area contributed by atoms with Crippen molar-refractivity contribution in [3.8, 4) is 10.4 Å². The van der Waals surface area contributed by atoms with E-state index in [2.05, 4.69) is 10.3 Å². The van der Waals surface area contributed by atoms with Gasteiger partial charge >= 0.3 is 0 Å². The van der Waals surface area contributed by atoms with E-state index in [9.17, 15) is 10.0 Å².